The summed E-state index contributed by atoms with van der Waals surface area (Å²) in [6.07, 6.45) is 1.64. The van der Waals surface area contributed by atoms with Crippen molar-refractivity contribution >= 4 is 21.9 Å². The van der Waals surface area contributed by atoms with Gasteiger partial charge in [-0.25, -0.2) is 9.18 Å². The summed E-state index contributed by atoms with van der Waals surface area (Å²) < 4.78 is 18.5. The van der Waals surface area contributed by atoms with Gasteiger partial charge in [0, 0.05) is 6.54 Å². The van der Waals surface area contributed by atoms with Crippen molar-refractivity contribution < 1.29 is 13.9 Å². The lowest BCUT2D eigenvalue weighted by Gasteiger charge is -2.17. The van der Waals surface area contributed by atoms with Gasteiger partial charge in [-0.2, -0.15) is 0 Å². The molecule has 98 valence electrons. The van der Waals surface area contributed by atoms with Crippen LogP contribution in [0.25, 0.3) is 0 Å². The number of ether oxygens (including phenoxy) is 1. The number of nitrogens with one attached hydrogen (secondary N) is 1. The molecule has 1 atom stereocenters. The van der Waals surface area contributed by atoms with Crippen molar-refractivity contribution in [3.63, 3.8) is 0 Å². The molecule has 0 saturated carbocycles. The van der Waals surface area contributed by atoms with Crippen LogP contribution in [-0.2, 0) is 9.53 Å². The summed E-state index contributed by atoms with van der Waals surface area (Å²) in [7, 11) is 0. The Morgan fingerprint density at radius 1 is 1.67 bits per heavy atom. The maximum atomic E-state index is 13.2. The molecule has 1 unspecified atom stereocenters. The molecule has 18 heavy (non-hydrogen) atoms. The van der Waals surface area contributed by atoms with Crippen molar-refractivity contribution in [3.8, 4) is 0 Å². The van der Waals surface area contributed by atoms with Crippen LogP contribution in [-0.4, -0.2) is 19.1 Å². The average Bonchev–Trinajstić information content (AvgIpc) is 2.34. The van der Waals surface area contributed by atoms with E-state index in [4.69, 9.17) is 4.74 Å². The minimum atomic E-state index is -0.625. The van der Waals surface area contributed by atoms with E-state index in [-0.39, 0.29) is 5.82 Å². The highest BCUT2D eigenvalue weighted by Gasteiger charge is 2.21. The largest absolute Gasteiger partial charge is 0.465 e. The molecule has 5 heteroatoms. The normalized spacial score (nSPS) is 11.9. The Hall–Kier alpha value is -1.20. The number of hydrogen-bond donors (Lipinski definition) is 1. The predicted octanol–water partition coefficient (Wildman–Crippen LogP) is 2.97. The smallest absolute Gasteiger partial charge is 0.327 e. The van der Waals surface area contributed by atoms with E-state index in [1.807, 2.05) is 0 Å². The molecular weight excluding hydrogens is 301 g/mol. The molecule has 1 rings (SSSR count). The fraction of sp³-hybridized carbons (Fsp3) is 0.308. The minimum absolute atomic E-state index is 0.299. The van der Waals surface area contributed by atoms with Crippen molar-refractivity contribution in [2.45, 2.75) is 13.0 Å². The molecule has 1 N–H and O–H groups in total. The standard InChI is InChI=1S/C13H15BrFNO2/c1-3-7-16-12(13(17)18-4-2)9-5-6-11(15)10(14)8-9/h3,5-6,8,12,16H,1,4,7H2,2H3. The average molecular weight is 316 g/mol. The fourth-order valence-electron chi connectivity index (χ4n) is 1.46. The first-order valence-corrected chi connectivity index (χ1v) is 6.35. The van der Waals surface area contributed by atoms with Gasteiger partial charge in [-0.15, -0.1) is 6.58 Å². The number of benzene rings is 1. The fourth-order valence-corrected chi connectivity index (χ4v) is 1.85. The van der Waals surface area contributed by atoms with E-state index in [0.29, 0.717) is 23.2 Å². The molecule has 0 aliphatic carbocycles. The summed E-state index contributed by atoms with van der Waals surface area (Å²) in [5, 5.41) is 2.98. The number of hydrogen-bond acceptors (Lipinski definition) is 3. The van der Waals surface area contributed by atoms with Crippen LogP contribution < -0.4 is 5.32 Å². The highest BCUT2D eigenvalue weighted by molar-refractivity contribution is 9.10. The molecule has 0 aliphatic rings. The molecule has 0 radical (unpaired) electrons. The van der Waals surface area contributed by atoms with Gasteiger partial charge in [-0.3, -0.25) is 5.32 Å². The van der Waals surface area contributed by atoms with E-state index < -0.39 is 12.0 Å². The molecule has 1 aromatic carbocycles. The number of rotatable bonds is 6. The number of halogens is 2. The number of carbonyl (C=O) groups excluding carboxylic acids is 1. The van der Waals surface area contributed by atoms with Crippen LogP contribution in [0.3, 0.4) is 0 Å². The zero-order valence-electron chi connectivity index (χ0n) is 10.1. The third-order valence-corrected chi connectivity index (χ3v) is 2.87. The molecule has 0 aliphatic heterocycles. The second-order valence-corrected chi connectivity index (χ2v) is 4.41. The maximum absolute atomic E-state index is 13.2. The Labute approximate surface area is 114 Å². The van der Waals surface area contributed by atoms with Crippen molar-refractivity contribution in [2.75, 3.05) is 13.2 Å². The Bertz CT molecular complexity index is 437. The highest BCUT2D eigenvalue weighted by Crippen LogP contribution is 2.22. The third-order valence-electron chi connectivity index (χ3n) is 2.27. The Balaban J connectivity index is 2.96. The first-order valence-electron chi connectivity index (χ1n) is 5.56. The molecule has 3 nitrogen and oxygen atoms in total. The van der Waals surface area contributed by atoms with Crippen molar-refractivity contribution in [1.29, 1.82) is 0 Å². The van der Waals surface area contributed by atoms with E-state index in [1.165, 1.54) is 6.07 Å². The minimum Gasteiger partial charge on any atom is -0.465 e. The monoisotopic (exact) mass is 315 g/mol. The summed E-state index contributed by atoms with van der Waals surface area (Å²) in [4.78, 5) is 11.8. The van der Waals surface area contributed by atoms with Gasteiger partial charge in [0.15, 0.2) is 0 Å². The molecule has 0 aromatic heterocycles. The van der Waals surface area contributed by atoms with Gasteiger partial charge in [0.1, 0.15) is 11.9 Å². The van der Waals surface area contributed by atoms with Crippen LogP contribution in [0.15, 0.2) is 35.3 Å². The van der Waals surface area contributed by atoms with Gasteiger partial charge in [-0.1, -0.05) is 12.1 Å². The molecule has 0 amide bonds. The van der Waals surface area contributed by atoms with Gasteiger partial charge in [0.2, 0.25) is 0 Å². The molecule has 0 bridgehead atoms. The van der Waals surface area contributed by atoms with Crippen LogP contribution in [0.4, 0.5) is 4.39 Å². The van der Waals surface area contributed by atoms with E-state index in [1.54, 1.807) is 25.1 Å². The maximum Gasteiger partial charge on any atom is 0.327 e. The number of esters is 1. The second-order valence-electron chi connectivity index (χ2n) is 3.56. The molecular formula is C13H15BrFNO2. The Morgan fingerprint density at radius 3 is 2.94 bits per heavy atom. The second kappa shape index (κ2) is 7.28. The van der Waals surface area contributed by atoms with Crippen molar-refractivity contribution in [1.82, 2.24) is 5.32 Å². The van der Waals surface area contributed by atoms with Crippen LogP contribution in [0.5, 0.6) is 0 Å². The van der Waals surface area contributed by atoms with Crippen LogP contribution in [0.2, 0.25) is 0 Å². The van der Waals surface area contributed by atoms with Crippen LogP contribution in [0.1, 0.15) is 18.5 Å². The first kappa shape index (κ1) is 14.9. The summed E-state index contributed by atoms with van der Waals surface area (Å²) in [6, 6.07) is 3.80. The van der Waals surface area contributed by atoms with Gasteiger partial charge >= 0.3 is 5.97 Å². The SMILES string of the molecule is C=CCNC(C(=O)OCC)c1ccc(F)c(Br)c1. The zero-order valence-corrected chi connectivity index (χ0v) is 11.7. The lowest BCUT2D eigenvalue weighted by atomic mass is 10.1. The Kier molecular flexibility index (Phi) is 6.01. The molecule has 0 fully saturated rings. The van der Waals surface area contributed by atoms with Crippen LogP contribution in [0, 0.1) is 5.82 Å². The number of carbonyl (C=O) groups is 1. The Morgan fingerprint density at radius 2 is 2.39 bits per heavy atom. The third kappa shape index (κ3) is 3.92. The lowest BCUT2D eigenvalue weighted by molar-refractivity contribution is -0.145. The van der Waals surface area contributed by atoms with E-state index in [9.17, 15) is 9.18 Å². The quantitative estimate of drug-likeness (QED) is 0.648. The van der Waals surface area contributed by atoms with Gasteiger partial charge in [0.25, 0.3) is 0 Å². The van der Waals surface area contributed by atoms with Gasteiger partial charge in [-0.05, 0) is 40.5 Å². The molecule has 0 saturated heterocycles. The zero-order chi connectivity index (χ0) is 13.5. The van der Waals surface area contributed by atoms with E-state index in [0.717, 1.165) is 0 Å². The van der Waals surface area contributed by atoms with Gasteiger partial charge in [0.05, 0.1) is 11.1 Å². The van der Waals surface area contributed by atoms with E-state index >= 15 is 0 Å². The summed E-state index contributed by atoms with van der Waals surface area (Å²) in [6.45, 7) is 6.07. The van der Waals surface area contributed by atoms with Crippen molar-refractivity contribution in [3.05, 3.63) is 46.7 Å². The lowest BCUT2D eigenvalue weighted by Crippen LogP contribution is -2.30. The highest BCUT2D eigenvalue weighted by atomic mass is 79.9. The van der Waals surface area contributed by atoms with Crippen molar-refractivity contribution in [2.24, 2.45) is 0 Å². The predicted molar refractivity (Wildman–Crippen MR) is 71.7 cm³/mol. The first-order chi connectivity index (χ1) is 8.60. The van der Waals surface area contributed by atoms with E-state index in [2.05, 4.69) is 27.8 Å². The molecule has 0 heterocycles. The topological polar surface area (TPSA) is 38.3 Å². The summed E-state index contributed by atoms with van der Waals surface area (Å²) >= 11 is 3.10. The summed E-state index contributed by atoms with van der Waals surface area (Å²) in [5.41, 5.74) is 0.642. The van der Waals surface area contributed by atoms with Gasteiger partial charge < -0.3 is 4.74 Å². The molecule has 1 aromatic rings. The summed E-state index contributed by atoms with van der Waals surface area (Å²) in [5.74, 6) is -0.761. The molecule has 0 spiro atoms. The van der Waals surface area contributed by atoms with Crippen LogP contribution >= 0.6 is 15.9 Å².